The standard InChI is InChI=1S/C17H29N5O5/c1-7-9(4-21-5-10(11(24)6-21)20-17(18)19)14(16(25)26)22-13(7)12(8(2)23)15(22)27-3/h7-8,10-13,15,23-24H,4-6H2,1-3H3,(H,25,26)(H4,18,19,20)/t7-,8+,10?,11-,12?,13+,15?/m0/s1. The minimum atomic E-state index is -1.01. The zero-order valence-electron chi connectivity index (χ0n) is 15.8. The fourth-order valence-electron chi connectivity index (χ4n) is 4.88. The van der Waals surface area contributed by atoms with E-state index in [2.05, 4.69) is 5.32 Å². The Hall–Kier alpha value is -1.88. The van der Waals surface area contributed by atoms with Gasteiger partial charge in [0.25, 0.3) is 0 Å². The first-order valence-corrected chi connectivity index (χ1v) is 9.13. The van der Waals surface area contributed by atoms with Crippen LogP contribution in [0.1, 0.15) is 13.8 Å². The van der Waals surface area contributed by atoms with Gasteiger partial charge in [-0.15, -0.1) is 0 Å². The van der Waals surface area contributed by atoms with E-state index in [0.717, 1.165) is 5.57 Å². The molecule has 10 nitrogen and oxygen atoms in total. The molecule has 0 amide bonds. The number of rotatable bonds is 6. The van der Waals surface area contributed by atoms with Gasteiger partial charge in [0.05, 0.1) is 24.2 Å². The Bertz CT molecular complexity index is 654. The van der Waals surface area contributed by atoms with E-state index in [0.29, 0.717) is 19.6 Å². The van der Waals surface area contributed by atoms with Crippen molar-refractivity contribution in [3.05, 3.63) is 11.3 Å². The third-order valence-electron chi connectivity index (χ3n) is 6.04. The summed E-state index contributed by atoms with van der Waals surface area (Å²) in [7, 11) is 1.52. The zero-order chi connectivity index (χ0) is 20.0. The molecule has 2 fully saturated rings. The molecule has 27 heavy (non-hydrogen) atoms. The molecule has 0 bridgehead atoms. The maximum atomic E-state index is 12.0. The lowest BCUT2D eigenvalue weighted by Crippen LogP contribution is -2.67. The van der Waals surface area contributed by atoms with Crippen LogP contribution in [0.4, 0.5) is 0 Å². The lowest BCUT2D eigenvalue weighted by molar-refractivity contribution is -0.206. The van der Waals surface area contributed by atoms with E-state index in [1.807, 2.05) is 11.8 Å². The van der Waals surface area contributed by atoms with Crippen molar-refractivity contribution in [2.75, 3.05) is 26.7 Å². The lowest BCUT2D eigenvalue weighted by atomic mass is 9.76. The molecule has 0 saturated carbocycles. The molecule has 0 aromatic rings. The minimum Gasteiger partial charge on any atom is -0.477 e. The number of guanidine groups is 1. The van der Waals surface area contributed by atoms with Crippen LogP contribution in [-0.4, -0.2) is 94.3 Å². The number of nitrogens with one attached hydrogen (secondary N) is 2. The summed E-state index contributed by atoms with van der Waals surface area (Å²) in [5.74, 6) is -1.43. The number of nitrogens with zero attached hydrogens (tertiary/aromatic N) is 2. The molecule has 10 heteroatoms. The van der Waals surface area contributed by atoms with Gasteiger partial charge < -0.3 is 36.0 Å². The molecular weight excluding hydrogens is 354 g/mol. The number of hydrogen-bond acceptors (Lipinski definition) is 7. The summed E-state index contributed by atoms with van der Waals surface area (Å²) in [4.78, 5) is 15.7. The fraction of sp³-hybridized carbons (Fsp3) is 0.765. The number of aliphatic hydroxyl groups is 2. The highest BCUT2D eigenvalue weighted by molar-refractivity contribution is 5.88. The lowest BCUT2D eigenvalue weighted by Gasteiger charge is -2.55. The van der Waals surface area contributed by atoms with Gasteiger partial charge in [0.2, 0.25) is 0 Å². The van der Waals surface area contributed by atoms with Gasteiger partial charge in [0, 0.05) is 38.7 Å². The quantitative estimate of drug-likeness (QED) is 0.229. The van der Waals surface area contributed by atoms with Gasteiger partial charge in [0.15, 0.2) is 5.96 Å². The van der Waals surface area contributed by atoms with E-state index < -0.39 is 24.4 Å². The van der Waals surface area contributed by atoms with Gasteiger partial charge in [-0.1, -0.05) is 6.92 Å². The molecule has 3 unspecified atom stereocenters. The Morgan fingerprint density at radius 2 is 2.15 bits per heavy atom. The van der Waals surface area contributed by atoms with Crippen molar-refractivity contribution in [3.63, 3.8) is 0 Å². The zero-order valence-corrected chi connectivity index (χ0v) is 15.8. The van der Waals surface area contributed by atoms with Crippen LogP contribution in [0.3, 0.4) is 0 Å². The SMILES string of the molecule is COC1C([C@@H](C)O)[C@H]2[C@@H](C)C(CN3CC(NC(=N)N)[C@@H](O)C3)=C(C(=O)O)N12. The molecule has 7 atom stereocenters. The summed E-state index contributed by atoms with van der Waals surface area (Å²) < 4.78 is 5.47. The van der Waals surface area contributed by atoms with Crippen molar-refractivity contribution in [1.29, 1.82) is 5.41 Å². The average molecular weight is 383 g/mol. The van der Waals surface area contributed by atoms with Crippen molar-refractivity contribution in [1.82, 2.24) is 15.1 Å². The molecule has 3 heterocycles. The molecule has 3 aliphatic rings. The summed E-state index contributed by atoms with van der Waals surface area (Å²) in [6.45, 7) is 4.90. The third-order valence-corrected chi connectivity index (χ3v) is 6.04. The smallest absolute Gasteiger partial charge is 0.352 e. The number of hydrogen-bond donors (Lipinski definition) is 6. The number of β-amino-alcohol motifs (C(OH)–C–C–N with tert-alkyl or cyclic N) is 1. The molecule has 0 aromatic carbocycles. The second-order valence-corrected chi connectivity index (χ2v) is 7.74. The molecular formula is C17H29N5O5. The van der Waals surface area contributed by atoms with E-state index >= 15 is 0 Å². The van der Waals surface area contributed by atoms with E-state index in [9.17, 15) is 20.1 Å². The summed E-state index contributed by atoms with van der Waals surface area (Å²) in [5.41, 5.74) is 6.36. The molecule has 0 aliphatic carbocycles. The van der Waals surface area contributed by atoms with E-state index in [1.54, 1.807) is 11.8 Å². The highest BCUT2D eigenvalue weighted by atomic mass is 16.5. The first-order chi connectivity index (χ1) is 12.7. The first kappa shape index (κ1) is 19.9. The Morgan fingerprint density at radius 3 is 2.67 bits per heavy atom. The summed E-state index contributed by atoms with van der Waals surface area (Å²) >= 11 is 0. The summed E-state index contributed by atoms with van der Waals surface area (Å²) in [5, 5.41) is 40.2. The number of carbonyl (C=O) groups is 1. The predicted molar refractivity (Wildman–Crippen MR) is 96.7 cm³/mol. The van der Waals surface area contributed by atoms with Gasteiger partial charge in [-0.05, 0) is 12.5 Å². The average Bonchev–Trinajstić information content (AvgIpc) is 2.97. The number of likely N-dealkylation sites (tertiary alicyclic amines) is 1. The molecule has 3 rings (SSSR count). The Labute approximate surface area is 158 Å². The molecule has 152 valence electrons. The normalized spacial score (nSPS) is 37.1. The Balaban J connectivity index is 1.81. The maximum Gasteiger partial charge on any atom is 0.352 e. The molecule has 2 saturated heterocycles. The first-order valence-electron chi connectivity index (χ1n) is 9.13. The largest absolute Gasteiger partial charge is 0.477 e. The van der Waals surface area contributed by atoms with Gasteiger partial charge in [-0.25, -0.2) is 4.79 Å². The van der Waals surface area contributed by atoms with Crippen LogP contribution in [0.5, 0.6) is 0 Å². The van der Waals surface area contributed by atoms with Crippen LogP contribution in [0, 0.1) is 17.2 Å². The molecule has 3 aliphatic heterocycles. The Morgan fingerprint density at radius 1 is 1.48 bits per heavy atom. The van der Waals surface area contributed by atoms with Gasteiger partial charge in [-0.3, -0.25) is 10.3 Å². The number of fused-ring (bicyclic) bond motifs is 1. The second kappa shape index (κ2) is 7.27. The van der Waals surface area contributed by atoms with Crippen LogP contribution < -0.4 is 11.1 Å². The number of aliphatic hydroxyl groups excluding tert-OH is 2. The van der Waals surface area contributed by atoms with Crippen molar-refractivity contribution < 1.29 is 24.9 Å². The molecule has 7 N–H and O–H groups in total. The van der Waals surface area contributed by atoms with Crippen LogP contribution in [0.25, 0.3) is 0 Å². The van der Waals surface area contributed by atoms with Crippen LogP contribution in [-0.2, 0) is 9.53 Å². The van der Waals surface area contributed by atoms with Crippen LogP contribution in [0.15, 0.2) is 11.3 Å². The summed E-state index contributed by atoms with van der Waals surface area (Å²) in [6.07, 6.45) is -1.75. The molecule has 0 spiro atoms. The van der Waals surface area contributed by atoms with E-state index in [1.165, 1.54) is 7.11 Å². The number of methoxy groups -OCH3 is 1. The van der Waals surface area contributed by atoms with Gasteiger partial charge in [0.1, 0.15) is 11.9 Å². The predicted octanol–water partition coefficient (Wildman–Crippen LogP) is -1.84. The maximum absolute atomic E-state index is 12.0. The Kier molecular flexibility index (Phi) is 5.35. The number of aliphatic carboxylic acids is 1. The number of carboxylic acid groups (broad SMARTS) is 1. The van der Waals surface area contributed by atoms with Crippen LogP contribution in [0.2, 0.25) is 0 Å². The van der Waals surface area contributed by atoms with Gasteiger partial charge in [-0.2, -0.15) is 0 Å². The number of nitrogens with two attached hydrogens (primary N) is 1. The second-order valence-electron chi connectivity index (χ2n) is 7.74. The van der Waals surface area contributed by atoms with Crippen molar-refractivity contribution in [2.24, 2.45) is 17.6 Å². The number of ether oxygens (including phenoxy) is 1. The monoisotopic (exact) mass is 383 g/mol. The highest BCUT2D eigenvalue weighted by Gasteiger charge is 2.60. The van der Waals surface area contributed by atoms with E-state index in [-0.39, 0.29) is 35.6 Å². The van der Waals surface area contributed by atoms with Crippen molar-refractivity contribution in [2.45, 2.75) is 44.4 Å². The topological polar surface area (TPSA) is 155 Å². The van der Waals surface area contributed by atoms with Gasteiger partial charge >= 0.3 is 5.97 Å². The molecule has 0 aromatic heterocycles. The highest BCUT2D eigenvalue weighted by Crippen LogP contribution is 2.50. The van der Waals surface area contributed by atoms with Crippen molar-refractivity contribution in [3.8, 4) is 0 Å². The summed E-state index contributed by atoms with van der Waals surface area (Å²) in [6, 6.07) is -0.475. The van der Waals surface area contributed by atoms with Crippen LogP contribution >= 0.6 is 0 Å². The minimum absolute atomic E-state index is 0.0564. The number of carboxylic acids is 1. The third kappa shape index (κ3) is 3.27. The van der Waals surface area contributed by atoms with E-state index in [4.69, 9.17) is 15.9 Å². The molecule has 0 radical (unpaired) electrons. The fourth-order valence-corrected chi connectivity index (χ4v) is 4.88. The van der Waals surface area contributed by atoms with Crippen molar-refractivity contribution >= 4 is 11.9 Å².